The highest BCUT2D eigenvalue weighted by Crippen LogP contribution is 2.41. The van der Waals surface area contributed by atoms with Gasteiger partial charge < -0.3 is 19.7 Å². The van der Waals surface area contributed by atoms with Crippen LogP contribution < -0.4 is 19.7 Å². The average molecular weight is 483 g/mol. The Morgan fingerprint density at radius 1 is 1.03 bits per heavy atom. The first-order valence-electron chi connectivity index (χ1n) is 10.8. The van der Waals surface area contributed by atoms with E-state index in [0.29, 0.717) is 39.9 Å². The van der Waals surface area contributed by atoms with Gasteiger partial charge in [0.1, 0.15) is 17.3 Å². The number of amides is 2. The summed E-state index contributed by atoms with van der Waals surface area (Å²) in [4.78, 5) is 28.2. The van der Waals surface area contributed by atoms with E-state index in [1.54, 1.807) is 66.6 Å². The molecule has 0 aromatic heterocycles. The Morgan fingerprint density at radius 3 is 2.35 bits per heavy atom. The van der Waals surface area contributed by atoms with Gasteiger partial charge in [0.05, 0.1) is 31.2 Å². The lowest BCUT2D eigenvalue weighted by Gasteiger charge is -2.41. The van der Waals surface area contributed by atoms with Crippen molar-refractivity contribution in [2.45, 2.75) is 18.9 Å². The maximum atomic E-state index is 13.7. The summed E-state index contributed by atoms with van der Waals surface area (Å²) in [6.07, 6.45) is 0.550. The molecule has 0 saturated carbocycles. The summed E-state index contributed by atoms with van der Waals surface area (Å²) in [7, 11) is 3.08. The maximum Gasteiger partial charge on any atom is 0.229 e. The van der Waals surface area contributed by atoms with Crippen molar-refractivity contribution in [2.75, 3.05) is 24.4 Å². The van der Waals surface area contributed by atoms with E-state index in [1.165, 1.54) is 19.2 Å². The summed E-state index contributed by atoms with van der Waals surface area (Å²) in [6.45, 7) is 0. The second kappa shape index (κ2) is 10.1. The SMILES string of the molecule is COc1ccc(N2C(=O)CC[C@H](C(=O)Nc3ccc(OC)c(Cl)c3)[C@@H]2c2ccc(F)cc2)cc1. The Bertz CT molecular complexity index is 1180. The predicted molar refractivity (Wildman–Crippen MR) is 129 cm³/mol. The number of nitrogens with zero attached hydrogens (tertiary/aromatic N) is 1. The second-order valence-corrected chi connectivity index (χ2v) is 8.35. The zero-order valence-corrected chi connectivity index (χ0v) is 19.5. The van der Waals surface area contributed by atoms with Gasteiger partial charge >= 0.3 is 0 Å². The normalized spacial score (nSPS) is 17.9. The molecule has 0 unspecified atom stereocenters. The van der Waals surface area contributed by atoms with Gasteiger partial charge in [0.25, 0.3) is 0 Å². The molecule has 3 aromatic carbocycles. The zero-order valence-electron chi connectivity index (χ0n) is 18.8. The quantitative estimate of drug-likeness (QED) is 0.495. The molecule has 1 saturated heterocycles. The topological polar surface area (TPSA) is 67.9 Å². The molecule has 1 aliphatic rings. The van der Waals surface area contributed by atoms with E-state index >= 15 is 0 Å². The predicted octanol–water partition coefficient (Wildman–Crippen LogP) is 5.62. The largest absolute Gasteiger partial charge is 0.497 e. The molecule has 0 spiro atoms. The van der Waals surface area contributed by atoms with E-state index in [2.05, 4.69) is 5.32 Å². The van der Waals surface area contributed by atoms with Gasteiger partial charge in [0, 0.05) is 17.8 Å². The summed E-state index contributed by atoms with van der Waals surface area (Å²) in [5.41, 5.74) is 1.81. The molecule has 4 rings (SSSR count). The van der Waals surface area contributed by atoms with Crippen LogP contribution in [0.3, 0.4) is 0 Å². The highest BCUT2D eigenvalue weighted by molar-refractivity contribution is 6.32. The Labute approximate surface area is 202 Å². The molecule has 176 valence electrons. The molecular formula is C26H24ClFN2O4. The van der Waals surface area contributed by atoms with Crippen LogP contribution in [0.5, 0.6) is 11.5 Å². The number of ether oxygens (including phenoxy) is 2. The number of piperidine rings is 1. The molecular weight excluding hydrogens is 459 g/mol. The minimum Gasteiger partial charge on any atom is -0.497 e. The Hall–Kier alpha value is -3.58. The van der Waals surface area contributed by atoms with E-state index in [0.717, 1.165) is 0 Å². The first kappa shape index (κ1) is 23.6. The first-order valence-corrected chi connectivity index (χ1v) is 11.1. The minimum absolute atomic E-state index is 0.115. The van der Waals surface area contributed by atoms with Crippen LogP contribution in [0.1, 0.15) is 24.4 Å². The molecule has 1 fully saturated rings. The summed E-state index contributed by atoms with van der Waals surface area (Å²) >= 11 is 6.21. The Kier molecular flexibility index (Phi) is 7.03. The molecule has 0 radical (unpaired) electrons. The number of hydrogen-bond acceptors (Lipinski definition) is 4. The van der Waals surface area contributed by atoms with Gasteiger partial charge in [0.2, 0.25) is 11.8 Å². The van der Waals surface area contributed by atoms with E-state index < -0.39 is 17.8 Å². The lowest BCUT2D eigenvalue weighted by atomic mass is 9.83. The smallest absolute Gasteiger partial charge is 0.229 e. The zero-order chi connectivity index (χ0) is 24.2. The van der Waals surface area contributed by atoms with Crippen LogP contribution in [-0.4, -0.2) is 26.0 Å². The summed E-state index contributed by atoms with van der Waals surface area (Å²) in [5, 5.41) is 3.28. The molecule has 0 aliphatic carbocycles. The highest BCUT2D eigenvalue weighted by atomic mass is 35.5. The number of nitrogens with one attached hydrogen (secondary N) is 1. The third kappa shape index (κ3) is 4.84. The van der Waals surface area contributed by atoms with Crippen molar-refractivity contribution in [1.29, 1.82) is 0 Å². The Morgan fingerprint density at radius 2 is 1.74 bits per heavy atom. The monoisotopic (exact) mass is 482 g/mol. The number of anilines is 2. The summed E-state index contributed by atoms with van der Waals surface area (Å²) in [6, 6.07) is 17.3. The molecule has 1 heterocycles. The van der Waals surface area contributed by atoms with Crippen LogP contribution in [0.15, 0.2) is 66.7 Å². The highest BCUT2D eigenvalue weighted by Gasteiger charge is 2.41. The van der Waals surface area contributed by atoms with Crippen molar-refractivity contribution >= 4 is 34.8 Å². The standard InChI is InChI=1S/C26H24ClFN2O4/c1-33-20-10-8-19(9-11-20)30-24(31)14-12-21(25(30)16-3-5-17(28)6-4-16)26(32)29-18-7-13-23(34-2)22(27)15-18/h3-11,13,15,21,25H,12,14H2,1-2H3,(H,29,32)/t21-,25-/m0/s1. The van der Waals surface area contributed by atoms with E-state index in [1.807, 2.05) is 0 Å². The number of benzene rings is 3. The van der Waals surface area contributed by atoms with Gasteiger partial charge in [-0.3, -0.25) is 9.59 Å². The lowest BCUT2D eigenvalue weighted by Crippen LogP contribution is -2.47. The molecule has 3 aromatic rings. The maximum absolute atomic E-state index is 13.7. The van der Waals surface area contributed by atoms with Crippen molar-refractivity contribution in [1.82, 2.24) is 0 Å². The number of hydrogen-bond donors (Lipinski definition) is 1. The van der Waals surface area contributed by atoms with E-state index in [-0.39, 0.29) is 18.2 Å². The van der Waals surface area contributed by atoms with Crippen LogP contribution in [0.2, 0.25) is 5.02 Å². The van der Waals surface area contributed by atoms with Crippen molar-refractivity contribution < 1.29 is 23.5 Å². The van der Waals surface area contributed by atoms with E-state index in [9.17, 15) is 14.0 Å². The van der Waals surface area contributed by atoms with Gasteiger partial charge in [-0.25, -0.2) is 4.39 Å². The fourth-order valence-corrected chi connectivity index (χ4v) is 4.49. The van der Waals surface area contributed by atoms with Crippen LogP contribution in [0.4, 0.5) is 15.8 Å². The first-order chi connectivity index (χ1) is 16.4. The molecule has 1 aliphatic heterocycles. The van der Waals surface area contributed by atoms with Crippen molar-refractivity contribution in [2.24, 2.45) is 5.92 Å². The molecule has 8 heteroatoms. The Balaban J connectivity index is 1.70. The molecule has 1 N–H and O–H groups in total. The molecule has 0 bridgehead atoms. The number of carbonyl (C=O) groups is 2. The van der Waals surface area contributed by atoms with Crippen LogP contribution in [0, 0.1) is 11.7 Å². The fraction of sp³-hybridized carbons (Fsp3) is 0.231. The van der Waals surface area contributed by atoms with Gasteiger partial charge in [-0.05, 0) is 66.6 Å². The average Bonchev–Trinajstić information content (AvgIpc) is 2.84. The van der Waals surface area contributed by atoms with Crippen molar-refractivity contribution in [3.63, 3.8) is 0 Å². The van der Waals surface area contributed by atoms with Crippen LogP contribution in [-0.2, 0) is 9.59 Å². The van der Waals surface area contributed by atoms with Gasteiger partial charge in [-0.2, -0.15) is 0 Å². The number of halogens is 2. The van der Waals surface area contributed by atoms with Crippen molar-refractivity contribution in [3.05, 3.63) is 83.1 Å². The van der Waals surface area contributed by atoms with Gasteiger partial charge in [-0.15, -0.1) is 0 Å². The third-order valence-electron chi connectivity index (χ3n) is 5.92. The van der Waals surface area contributed by atoms with Gasteiger partial charge in [-0.1, -0.05) is 23.7 Å². The van der Waals surface area contributed by atoms with E-state index in [4.69, 9.17) is 21.1 Å². The van der Waals surface area contributed by atoms with Crippen LogP contribution in [0.25, 0.3) is 0 Å². The second-order valence-electron chi connectivity index (χ2n) is 7.94. The number of rotatable bonds is 6. The number of carbonyl (C=O) groups excluding carboxylic acids is 2. The summed E-state index contributed by atoms with van der Waals surface area (Å²) < 4.78 is 24.1. The molecule has 2 atom stereocenters. The molecule has 2 amide bonds. The lowest BCUT2D eigenvalue weighted by molar-refractivity contribution is -0.125. The third-order valence-corrected chi connectivity index (χ3v) is 6.21. The molecule has 6 nitrogen and oxygen atoms in total. The number of methoxy groups -OCH3 is 2. The fourth-order valence-electron chi connectivity index (χ4n) is 4.23. The molecule has 34 heavy (non-hydrogen) atoms. The van der Waals surface area contributed by atoms with Crippen molar-refractivity contribution in [3.8, 4) is 11.5 Å². The minimum atomic E-state index is -0.621. The van der Waals surface area contributed by atoms with Crippen LogP contribution >= 0.6 is 11.6 Å². The summed E-state index contributed by atoms with van der Waals surface area (Å²) in [5.74, 6) is -0.200. The van der Waals surface area contributed by atoms with Gasteiger partial charge in [0.15, 0.2) is 0 Å².